The van der Waals surface area contributed by atoms with E-state index in [-0.39, 0.29) is 6.03 Å². The van der Waals surface area contributed by atoms with Crippen LogP contribution >= 0.6 is 23.2 Å². The highest BCUT2D eigenvalue weighted by molar-refractivity contribution is 6.42. The van der Waals surface area contributed by atoms with Crippen LogP contribution in [0.1, 0.15) is 20.3 Å². The van der Waals surface area contributed by atoms with Gasteiger partial charge in [0, 0.05) is 24.8 Å². The molecule has 6 heteroatoms. The normalized spacial score (nSPS) is 18.3. The van der Waals surface area contributed by atoms with E-state index in [0.29, 0.717) is 21.8 Å². The molecule has 1 aliphatic heterocycles. The Labute approximate surface area is 136 Å². The van der Waals surface area contributed by atoms with E-state index in [1.54, 1.807) is 18.2 Å². The molecule has 1 aliphatic rings. The maximum absolute atomic E-state index is 12.3. The van der Waals surface area contributed by atoms with Gasteiger partial charge >= 0.3 is 6.03 Å². The van der Waals surface area contributed by atoms with Gasteiger partial charge in [0.25, 0.3) is 0 Å². The van der Waals surface area contributed by atoms with E-state index in [1.807, 2.05) is 4.90 Å². The zero-order valence-corrected chi connectivity index (χ0v) is 13.9. The second-order valence-corrected chi connectivity index (χ2v) is 5.98. The van der Waals surface area contributed by atoms with Crippen LogP contribution in [0.3, 0.4) is 0 Å². The largest absolute Gasteiger partial charge is 0.323 e. The van der Waals surface area contributed by atoms with Crippen molar-refractivity contribution in [1.29, 1.82) is 0 Å². The molecule has 2 amide bonds. The third-order valence-electron chi connectivity index (χ3n) is 3.95. The summed E-state index contributed by atoms with van der Waals surface area (Å²) in [5, 5.41) is 3.80. The lowest BCUT2D eigenvalue weighted by Crippen LogP contribution is -2.39. The summed E-state index contributed by atoms with van der Waals surface area (Å²) in [7, 11) is 0. The zero-order valence-electron chi connectivity index (χ0n) is 12.4. The minimum Gasteiger partial charge on any atom is -0.323 e. The Hall–Kier alpha value is -0.970. The van der Waals surface area contributed by atoms with Gasteiger partial charge in [-0.25, -0.2) is 4.79 Å². The molecule has 1 fully saturated rings. The molecule has 21 heavy (non-hydrogen) atoms. The lowest BCUT2D eigenvalue weighted by molar-refractivity contribution is 0.202. The van der Waals surface area contributed by atoms with Crippen LogP contribution in [0, 0.1) is 0 Å². The van der Waals surface area contributed by atoms with E-state index in [0.717, 1.165) is 32.6 Å². The molecule has 0 saturated carbocycles. The summed E-state index contributed by atoms with van der Waals surface area (Å²) in [5.74, 6) is 0. The maximum Gasteiger partial charge on any atom is 0.321 e. The first kappa shape index (κ1) is 16.4. The number of likely N-dealkylation sites (N-methyl/N-ethyl adjacent to an activating group) is 1. The van der Waals surface area contributed by atoms with Gasteiger partial charge in [0.15, 0.2) is 0 Å². The molecule has 0 aliphatic carbocycles. The summed E-state index contributed by atoms with van der Waals surface area (Å²) in [6, 6.07) is 5.48. The number of amides is 2. The summed E-state index contributed by atoms with van der Waals surface area (Å²) in [4.78, 5) is 16.5. The zero-order chi connectivity index (χ0) is 15.4. The molecule has 1 unspecified atom stereocenters. The van der Waals surface area contributed by atoms with E-state index in [2.05, 4.69) is 24.1 Å². The van der Waals surface area contributed by atoms with Crippen LogP contribution in [0.4, 0.5) is 10.5 Å². The molecule has 0 spiro atoms. The number of halogens is 2. The highest BCUT2D eigenvalue weighted by atomic mass is 35.5. The fourth-order valence-corrected chi connectivity index (χ4v) is 3.04. The Morgan fingerprint density at radius 2 is 2.05 bits per heavy atom. The number of carbonyl (C=O) groups is 1. The molecule has 2 rings (SSSR count). The van der Waals surface area contributed by atoms with Crippen LogP contribution in [0.2, 0.25) is 10.0 Å². The lowest BCUT2D eigenvalue weighted by Gasteiger charge is -2.26. The van der Waals surface area contributed by atoms with E-state index in [1.165, 1.54) is 0 Å². The minimum atomic E-state index is -0.0805. The molecule has 116 valence electrons. The van der Waals surface area contributed by atoms with Gasteiger partial charge in [-0.1, -0.05) is 37.0 Å². The number of carbonyl (C=O) groups excluding carboxylic acids is 1. The van der Waals surface area contributed by atoms with Crippen molar-refractivity contribution in [2.45, 2.75) is 26.3 Å². The molecule has 1 aromatic rings. The Kier molecular flexibility index (Phi) is 5.73. The summed E-state index contributed by atoms with van der Waals surface area (Å²) in [5.41, 5.74) is 0.667. The van der Waals surface area contributed by atoms with E-state index < -0.39 is 0 Å². The fourth-order valence-electron chi connectivity index (χ4n) is 2.74. The summed E-state index contributed by atoms with van der Waals surface area (Å²) < 4.78 is 0. The van der Waals surface area contributed by atoms with Crippen molar-refractivity contribution in [2.24, 2.45) is 0 Å². The molecule has 0 aromatic heterocycles. The standard InChI is InChI=1S/C15H21Cl2N3O/c1-3-19(4-2)12-7-8-20(10-12)15(21)18-11-5-6-13(16)14(17)9-11/h5-6,9,12H,3-4,7-8,10H2,1-2H3,(H,18,21). The number of nitrogens with zero attached hydrogens (tertiary/aromatic N) is 2. The smallest absolute Gasteiger partial charge is 0.321 e. The number of hydrogen-bond donors (Lipinski definition) is 1. The number of urea groups is 1. The van der Waals surface area contributed by atoms with Crippen molar-refractivity contribution in [3.05, 3.63) is 28.2 Å². The summed E-state index contributed by atoms with van der Waals surface area (Å²) >= 11 is 11.8. The van der Waals surface area contributed by atoms with Gasteiger partial charge < -0.3 is 10.2 Å². The topological polar surface area (TPSA) is 35.6 Å². The maximum atomic E-state index is 12.3. The Morgan fingerprint density at radius 3 is 2.67 bits per heavy atom. The molecular weight excluding hydrogens is 309 g/mol. The Bertz CT molecular complexity index is 506. The van der Waals surface area contributed by atoms with Crippen molar-refractivity contribution >= 4 is 34.9 Å². The molecule has 1 aromatic carbocycles. The number of likely N-dealkylation sites (tertiary alicyclic amines) is 1. The van der Waals surface area contributed by atoms with Gasteiger partial charge in [-0.05, 0) is 37.7 Å². The van der Waals surface area contributed by atoms with Crippen molar-refractivity contribution in [1.82, 2.24) is 9.80 Å². The first-order valence-electron chi connectivity index (χ1n) is 7.30. The van der Waals surface area contributed by atoms with Gasteiger partial charge in [-0.3, -0.25) is 4.90 Å². The van der Waals surface area contributed by atoms with Crippen LogP contribution in [0.5, 0.6) is 0 Å². The third kappa shape index (κ3) is 4.02. The highest BCUT2D eigenvalue weighted by Crippen LogP contribution is 2.25. The number of nitrogens with one attached hydrogen (secondary N) is 1. The molecular formula is C15H21Cl2N3O. The fraction of sp³-hybridized carbons (Fsp3) is 0.533. The number of anilines is 1. The van der Waals surface area contributed by atoms with Crippen molar-refractivity contribution in [3.8, 4) is 0 Å². The van der Waals surface area contributed by atoms with Gasteiger partial charge in [-0.15, -0.1) is 0 Å². The van der Waals surface area contributed by atoms with Crippen LogP contribution < -0.4 is 5.32 Å². The van der Waals surface area contributed by atoms with E-state index in [9.17, 15) is 4.79 Å². The van der Waals surface area contributed by atoms with E-state index >= 15 is 0 Å². The van der Waals surface area contributed by atoms with Gasteiger partial charge in [0.1, 0.15) is 0 Å². The van der Waals surface area contributed by atoms with Crippen LogP contribution in [-0.4, -0.2) is 48.1 Å². The van der Waals surface area contributed by atoms with Crippen LogP contribution in [0.15, 0.2) is 18.2 Å². The molecule has 1 atom stereocenters. The first-order chi connectivity index (χ1) is 10.0. The lowest BCUT2D eigenvalue weighted by atomic mass is 10.2. The van der Waals surface area contributed by atoms with Crippen LogP contribution in [0.25, 0.3) is 0 Å². The SMILES string of the molecule is CCN(CC)C1CCN(C(=O)Nc2ccc(Cl)c(Cl)c2)C1. The quantitative estimate of drug-likeness (QED) is 0.908. The third-order valence-corrected chi connectivity index (χ3v) is 4.69. The molecule has 0 bridgehead atoms. The van der Waals surface area contributed by atoms with Crippen molar-refractivity contribution < 1.29 is 4.79 Å². The van der Waals surface area contributed by atoms with Gasteiger partial charge in [0.05, 0.1) is 10.0 Å². The van der Waals surface area contributed by atoms with Crippen molar-refractivity contribution in [3.63, 3.8) is 0 Å². The molecule has 4 nitrogen and oxygen atoms in total. The number of benzene rings is 1. The Morgan fingerprint density at radius 1 is 1.33 bits per heavy atom. The number of rotatable bonds is 4. The molecule has 1 heterocycles. The second kappa shape index (κ2) is 7.34. The second-order valence-electron chi connectivity index (χ2n) is 5.17. The monoisotopic (exact) mass is 329 g/mol. The summed E-state index contributed by atoms with van der Waals surface area (Å²) in [6.45, 7) is 7.90. The predicted molar refractivity (Wildman–Crippen MR) is 88.4 cm³/mol. The molecule has 0 radical (unpaired) electrons. The van der Waals surface area contributed by atoms with Gasteiger partial charge in [0.2, 0.25) is 0 Å². The predicted octanol–water partition coefficient (Wildman–Crippen LogP) is 3.94. The van der Waals surface area contributed by atoms with E-state index in [4.69, 9.17) is 23.2 Å². The van der Waals surface area contributed by atoms with Crippen LogP contribution in [-0.2, 0) is 0 Å². The number of hydrogen-bond acceptors (Lipinski definition) is 2. The molecule has 1 saturated heterocycles. The summed E-state index contributed by atoms with van der Waals surface area (Å²) in [6.07, 6.45) is 1.02. The van der Waals surface area contributed by atoms with Gasteiger partial charge in [-0.2, -0.15) is 0 Å². The molecule has 1 N–H and O–H groups in total. The first-order valence-corrected chi connectivity index (χ1v) is 8.05. The van der Waals surface area contributed by atoms with Crippen molar-refractivity contribution in [2.75, 3.05) is 31.5 Å². The average Bonchev–Trinajstić information content (AvgIpc) is 2.94. The Balaban J connectivity index is 1.94. The minimum absolute atomic E-state index is 0.0805. The highest BCUT2D eigenvalue weighted by Gasteiger charge is 2.29. The average molecular weight is 330 g/mol.